The van der Waals surface area contributed by atoms with Gasteiger partial charge in [-0.25, -0.2) is 4.98 Å². The zero-order valence-corrected chi connectivity index (χ0v) is 16.6. The van der Waals surface area contributed by atoms with Crippen LogP contribution in [0.1, 0.15) is 0 Å². The number of nitrogens with zero attached hydrogens (tertiary/aromatic N) is 2. The van der Waals surface area contributed by atoms with E-state index in [4.69, 9.17) is 16.0 Å². The van der Waals surface area contributed by atoms with Crippen molar-refractivity contribution in [1.82, 2.24) is 9.97 Å². The van der Waals surface area contributed by atoms with Crippen molar-refractivity contribution in [2.24, 2.45) is 0 Å². The van der Waals surface area contributed by atoms with Gasteiger partial charge in [-0.2, -0.15) is 4.98 Å². The molecule has 0 amide bonds. The maximum Gasteiger partial charge on any atom is 0.232 e. The summed E-state index contributed by atoms with van der Waals surface area (Å²) < 4.78 is 5.90. The molecule has 3 nitrogen and oxygen atoms in total. The molecular weight excluding hydrogens is 392 g/mol. The van der Waals surface area contributed by atoms with E-state index in [0.717, 1.165) is 27.5 Å². The van der Waals surface area contributed by atoms with Crippen molar-refractivity contribution >= 4 is 44.4 Å². The van der Waals surface area contributed by atoms with E-state index in [2.05, 4.69) is 64.6 Å². The van der Waals surface area contributed by atoms with Gasteiger partial charge < -0.3 is 4.42 Å². The Kier molecular flexibility index (Phi) is 3.83. The molecule has 0 aliphatic heterocycles. The quantitative estimate of drug-likeness (QED) is 0.279. The van der Waals surface area contributed by atoms with Gasteiger partial charge >= 0.3 is 0 Å². The Morgan fingerprint density at radius 1 is 0.633 bits per heavy atom. The Labute approximate surface area is 177 Å². The third-order valence-electron chi connectivity index (χ3n) is 5.44. The zero-order chi connectivity index (χ0) is 20.1. The van der Waals surface area contributed by atoms with Gasteiger partial charge in [-0.15, -0.1) is 0 Å². The van der Waals surface area contributed by atoms with Crippen LogP contribution in [0.2, 0.25) is 5.15 Å². The van der Waals surface area contributed by atoms with Crippen LogP contribution in [0, 0.1) is 0 Å². The van der Waals surface area contributed by atoms with E-state index in [9.17, 15) is 0 Å². The summed E-state index contributed by atoms with van der Waals surface area (Å²) in [6.07, 6.45) is 0. The van der Waals surface area contributed by atoms with Crippen molar-refractivity contribution in [1.29, 1.82) is 0 Å². The molecule has 2 aromatic heterocycles. The van der Waals surface area contributed by atoms with Crippen LogP contribution in [0.4, 0.5) is 0 Å². The Morgan fingerprint density at radius 3 is 2.20 bits per heavy atom. The van der Waals surface area contributed by atoms with Crippen molar-refractivity contribution in [3.8, 4) is 22.5 Å². The first kappa shape index (κ1) is 17.2. The van der Waals surface area contributed by atoms with Crippen LogP contribution in [-0.4, -0.2) is 9.97 Å². The van der Waals surface area contributed by atoms with Gasteiger partial charge in [0.05, 0.1) is 5.39 Å². The summed E-state index contributed by atoms with van der Waals surface area (Å²) in [7, 11) is 0. The van der Waals surface area contributed by atoms with E-state index in [1.165, 1.54) is 16.3 Å². The monoisotopic (exact) mass is 406 g/mol. The maximum atomic E-state index is 6.51. The summed E-state index contributed by atoms with van der Waals surface area (Å²) in [5, 5.41) is 4.54. The molecule has 0 N–H and O–H groups in total. The lowest BCUT2D eigenvalue weighted by Crippen LogP contribution is -1.90. The summed E-state index contributed by atoms with van der Waals surface area (Å²) >= 11 is 6.51. The fraction of sp³-hybridized carbons (Fsp3) is 0. The molecule has 0 aliphatic carbocycles. The molecule has 142 valence electrons. The Bertz CT molecular complexity index is 1550. The molecule has 4 heteroatoms. The minimum atomic E-state index is 0.401. The number of benzene rings is 4. The van der Waals surface area contributed by atoms with E-state index < -0.39 is 0 Å². The number of hydrogen-bond donors (Lipinski definition) is 0. The molecule has 30 heavy (non-hydrogen) atoms. The molecule has 0 unspecified atom stereocenters. The number of furan rings is 1. The first-order valence-electron chi connectivity index (χ1n) is 9.71. The molecule has 0 aliphatic rings. The van der Waals surface area contributed by atoms with E-state index in [1.54, 1.807) is 0 Å². The van der Waals surface area contributed by atoms with Crippen LogP contribution in [0.3, 0.4) is 0 Å². The minimum absolute atomic E-state index is 0.401. The second-order valence-corrected chi connectivity index (χ2v) is 7.58. The van der Waals surface area contributed by atoms with Crippen LogP contribution in [-0.2, 0) is 0 Å². The topological polar surface area (TPSA) is 38.9 Å². The molecule has 4 aromatic carbocycles. The molecule has 0 spiro atoms. The van der Waals surface area contributed by atoms with Gasteiger partial charge in [0.2, 0.25) is 5.71 Å². The number of hydrogen-bond acceptors (Lipinski definition) is 3. The molecule has 6 aromatic rings. The molecule has 0 bridgehead atoms. The summed E-state index contributed by atoms with van der Waals surface area (Å²) in [5.74, 6) is 0.552. The Balaban J connectivity index is 1.46. The largest absolute Gasteiger partial charge is 0.438 e. The van der Waals surface area contributed by atoms with Crippen molar-refractivity contribution in [2.45, 2.75) is 0 Å². The zero-order valence-electron chi connectivity index (χ0n) is 15.8. The van der Waals surface area contributed by atoms with E-state index >= 15 is 0 Å². The second-order valence-electron chi connectivity index (χ2n) is 7.22. The highest BCUT2D eigenvalue weighted by atomic mass is 35.5. The molecule has 2 heterocycles. The number of halogens is 1. The highest BCUT2D eigenvalue weighted by Gasteiger charge is 2.15. The van der Waals surface area contributed by atoms with Crippen LogP contribution < -0.4 is 0 Å². The standard InChI is InChI=1S/C26H15ClN2O/c27-24-23-21-9-3-4-11-22(21)30-26(23)29-25(28-24)18-14-12-17(13-15-18)20-10-5-7-16-6-1-2-8-19(16)20/h1-15H. The summed E-state index contributed by atoms with van der Waals surface area (Å²) in [6, 6.07) is 30.8. The predicted molar refractivity (Wildman–Crippen MR) is 123 cm³/mol. The third-order valence-corrected chi connectivity index (χ3v) is 5.71. The van der Waals surface area contributed by atoms with Crippen LogP contribution in [0.25, 0.3) is 55.4 Å². The highest BCUT2D eigenvalue weighted by Crippen LogP contribution is 2.34. The van der Waals surface area contributed by atoms with Crippen molar-refractivity contribution in [2.75, 3.05) is 0 Å². The van der Waals surface area contributed by atoms with Gasteiger partial charge in [-0.1, -0.05) is 96.5 Å². The second kappa shape index (κ2) is 6.68. The molecule has 0 saturated heterocycles. The molecule has 0 atom stereocenters. The first-order chi connectivity index (χ1) is 14.8. The van der Waals surface area contributed by atoms with Gasteiger partial charge in [0.25, 0.3) is 0 Å². The lowest BCUT2D eigenvalue weighted by atomic mass is 9.97. The SMILES string of the molecule is Clc1nc(-c2ccc(-c3cccc4ccccc34)cc2)nc2oc3ccccc3c12. The fourth-order valence-electron chi connectivity index (χ4n) is 3.99. The predicted octanol–water partition coefficient (Wildman–Crippen LogP) is 7.52. The Hall–Kier alpha value is -3.69. The number of aromatic nitrogens is 2. The number of para-hydroxylation sites is 1. The molecule has 0 fully saturated rings. The molecule has 0 saturated carbocycles. The van der Waals surface area contributed by atoms with Gasteiger partial charge in [0, 0.05) is 10.9 Å². The van der Waals surface area contributed by atoms with E-state index in [-0.39, 0.29) is 0 Å². The van der Waals surface area contributed by atoms with Crippen molar-refractivity contribution in [3.05, 3.63) is 96.1 Å². The average Bonchev–Trinajstić information content (AvgIpc) is 3.18. The van der Waals surface area contributed by atoms with Gasteiger partial charge in [0.1, 0.15) is 10.7 Å². The smallest absolute Gasteiger partial charge is 0.232 e. The van der Waals surface area contributed by atoms with Crippen molar-refractivity contribution < 1.29 is 4.42 Å². The highest BCUT2D eigenvalue weighted by molar-refractivity contribution is 6.36. The van der Waals surface area contributed by atoms with Crippen molar-refractivity contribution in [3.63, 3.8) is 0 Å². The Morgan fingerprint density at radius 2 is 1.33 bits per heavy atom. The maximum absolute atomic E-state index is 6.51. The summed E-state index contributed by atoms with van der Waals surface area (Å²) in [4.78, 5) is 9.17. The minimum Gasteiger partial charge on any atom is -0.438 e. The average molecular weight is 407 g/mol. The fourth-order valence-corrected chi connectivity index (χ4v) is 4.25. The third kappa shape index (κ3) is 2.67. The molecule has 6 rings (SSSR count). The van der Waals surface area contributed by atoms with E-state index in [1.807, 2.05) is 36.4 Å². The number of rotatable bonds is 2. The van der Waals surface area contributed by atoms with Crippen LogP contribution >= 0.6 is 11.6 Å². The lowest BCUT2D eigenvalue weighted by Gasteiger charge is -2.08. The normalized spacial score (nSPS) is 11.5. The van der Waals surface area contributed by atoms with Crippen LogP contribution in [0.5, 0.6) is 0 Å². The molecule has 0 radical (unpaired) electrons. The van der Waals surface area contributed by atoms with Gasteiger partial charge in [0.15, 0.2) is 5.82 Å². The summed E-state index contributed by atoms with van der Waals surface area (Å²) in [5.41, 5.74) is 4.50. The summed E-state index contributed by atoms with van der Waals surface area (Å²) in [6.45, 7) is 0. The van der Waals surface area contributed by atoms with Gasteiger partial charge in [-0.3, -0.25) is 0 Å². The lowest BCUT2D eigenvalue weighted by molar-refractivity contribution is 0.653. The van der Waals surface area contributed by atoms with E-state index in [0.29, 0.717) is 16.7 Å². The first-order valence-corrected chi connectivity index (χ1v) is 10.1. The van der Waals surface area contributed by atoms with Gasteiger partial charge in [-0.05, 0) is 28.0 Å². The number of fused-ring (bicyclic) bond motifs is 4. The molecular formula is C26H15ClN2O. The van der Waals surface area contributed by atoms with Crippen LogP contribution in [0.15, 0.2) is 95.4 Å².